The van der Waals surface area contributed by atoms with Gasteiger partial charge in [0.1, 0.15) is 0 Å². The van der Waals surface area contributed by atoms with E-state index in [0.717, 1.165) is 35.8 Å². The van der Waals surface area contributed by atoms with Gasteiger partial charge in [-0.05, 0) is 72.8 Å². The predicted octanol–water partition coefficient (Wildman–Crippen LogP) is 8.14. The van der Waals surface area contributed by atoms with Crippen LogP contribution in [0.2, 0.25) is 0 Å². The fourth-order valence-electron chi connectivity index (χ4n) is 5.81. The lowest BCUT2D eigenvalue weighted by Crippen LogP contribution is -2.30. The van der Waals surface area contributed by atoms with Gasteiger partial charge >= 0.3 is 0 Å². The molecule has 3 heteroatoms. The maximum absolute atomic E-state index is 14.0. The molecule has 152 valence electrons. The fraction of sp³-hybridized carbons (Fsp3) is 0.600. The highest BCUT2D eigenvalue weighted by molar-refractivity contribution is 5.84. The normalized spacial score (nSPS) is 27.7. The Balaban J connectivity index is 1.44. The van der Waals surface area contributed by atoms with E-state index in [9.17, 15) is 13.2 Å². The highest BCUT2D eigenvalue weighted by Crippen LogP contribution is 2.48. The van der Waals surface area contributed by atoms with Crippen molar-refractivity contribution >= 4 is 10.8 Å². The van der Waals surface area contributed by atoms with Crippen LogP contribution in [0, 0.1) is 35.2 Å². The van der Waals surface area contributed by atoms with Gasteiger partial charge in [-0.2, -0.15) is 0 Å². The van der Waals surface area contributed by atoms with Gasteiger partial charge in [0.05, 0.1) is 0 Å². The molecule has 28 heavy (non-hydrogen) atoms. The molecule has 0 aromatic heterocycles. The van der Waals surface area contributed by atoms with E-state index in [1.54, 1.807) is 6.07 Å². The van der Waals surface area contributed by atoms with E-state index in [-0.39, 0.29) is 5.39 Å². The lowest BCUT2D eigenvalue weighted by molar-refractivity contribution is 0.113. The lowest BCUT2D eigenvalue weighted by atomic mass is 9.63. The summed E-state index contributed by atoms with van der Waals surface area (Å²) in [5.41, 5.74) is 1.15. The van der Waals surface area contributed by atoms with E-state index in [4.69, 9.17) is 0 Å². The number of hydrogen-bond acceptors (Lipinski definition) is 0. The monoisotopic (exact) mass is 388 g/mol. The predicted molar refractivity (Wildman–Crippen MR) is 109 cm³/mol. The van der Waals surface area contributed by atoms with Crippen LogP contribution in [0.25, 0.3) is 10.8 Å². The Morgan fingerprint density at radius 2 is 1.64 bits per heavy atom. The van der Waals surface area contributed by atoms with Crippen LogP contribution in [0.4, 0.5) is 13.2 Å². The van der Waals surface area contributed by atoms with Crippen molar-refractivity contribution < 1.29 is 13.2 Å². The first-order valence-corrected chi connectivity index (χ1v) is 11.1. The van der Waals surface area contributed by atoms with Crippen molar-refractivity contribution in [2.24, 2.45) is 17.8 Å². The van der Waals surface area contributed by atoms with Crippen LogP contribution in [0.15, 0.2) is 24.3 Å². The van der Waals surface area contributed by atoms with Crippen LogP contribution in [-0.2, 0) is 0 Å². The summed E-state index contributed by atoms with van der Waals surface area (Å²) >= 11 is 0. The number of fused-ring (bicyclic) bond motifs is 2. The summed E-state index contributed by atoms with van der Waals surface area (Å²) in [6, 6.07) is 6.55. The molecule has 4 rings (SSSR count). The Morgan fingerprint density at radius 1 is 0.857 bits per heavy atom. The Morgan fingerprint density at radius 3 is 2.46 bits per heavy atom. The lowest BCUT2D eigenvalue weighted by Gasteiger charge is -2.42. The molecule has 0 bridgehead atoms. The number of benzene rings is 2. The molecule has 0 spiro atoms. The van der Waals surface area contributed by atoms with Gasteiger partial charge in [-0.3, -0.25) is 0 Å². The van der Waals surface area contributed by atoms with Crippen LogP contribution in [0.5, 0.6) is 0 Å². The minimum Gasteiger partial charge on any atom is -0.204 e. The molecule has 2 fully saturated rings. The summed E-state index contributed by atoms with van der Waals surface area (Å²) in [6.45, 7) is 2.27. The third kappa shape index (κ3) is 3.95. The van der Waals surface area contributed by atoms with Crippen LogP contribution < -0.4 is 0 Å². The molecule has 0 amide bonds. The van der Waals surface area contributed by atoms with E-state index in [1.165, 1.54) is 57.8 Å². The number of rotatable bonds is 5. The van der Waals surface area contributed by atoms with Crippen molar-refractivity contribution in [1.82, 2.24) is 0 Å². The zero-order chi connectivity index (χ0) is 19.7. The van der Waals surface area contributed by atoms with Crippen molar-refractivity contribution in [2.75, 3.05) is 0 Å². The Kier molecular flexibility index (Phi) is 5.99. The third-order valence-corrected chi connectivity index (χ3v) is 7.41. The summed E-state index contributed by atoms with van der Waals surface area (Å²) in [4.78, 5) is 0. The smallest absolute Gasteiger partial charge is 0.195 e. The first-order valence-electron chi connectivity index (χ1n) is 11.1. The van der Waals surface area contributed by atoms with Gasteiger partial charge in [0.15, 0.2) is 17.5 Å². The van der Waals surface area contributed by atoms with E-state index in [1.807, 2.05) is 12.1 Å². The largest absolute Gasteiger partial charge is 0.204 e. The van der Waals surface area contributed by atoms with Crippen LogP contribution in [0.1, 0.15) is 82.6 Å². The minimum atomic E-state index is -1.38. The molecular formula is C25H31F3. The fourth-order valence-corrected chi connectivity index (χ4v) is 5.81. The third-order valence-electron chi connectivity index (χ3n) is 7.41. The summed E-state index contributed by atoms with van der Waals surface area (Å²) in [7, 11) is 0. The number of halogens is 3. The van der Waals surface area contributed by atoms with Crippen molar-refractivity contribution in [3.8, 4) is 0 Å². The van der Waals surface area contributed by atoms with Gasteiger partial charge in [0.25, 0.3) is 0 Å². The van der Waals surface area contributed by atoms with E-state index >= 15 is 0 Å². The maximum atomic E-state index is 14.0. The molecule has 2 aliphatic rings. The zero-order valence-electron chi connectivity index (χ0n) is 16.8. The molecule has 0 N–H and O–H groups in total. The van der Waals surface area contributed by atoms with Gasteiger partial charge < -0.3 is 0 Å². The van der Waals surface area contributed by atoms with Crippen molar-refractivity contribution in [2.45, 2.75) is 77.0 Å². The van der Waals surface area contributed by atoms with Crippen molar-refractivity contribution in [3.05, 3.63) is 47.3 Å². The van der Waals surface area contributed by atoms with Crippen LogP contribution in [-0.4, -0.2) is 0 Å². The zero-order valence-corrected chi connectivity index (χ0v) is 16.8. The van der Waals surface area contributed by atoms with E-state index in [2.05, 4.69) is 6.92 Å². The molecule has 0 heterocycles. The average molecular weight is 389 g/mol. The molecule has 0 aliphatic heterocycles. The van der Waals surface area contributed by atoms with E-state index < -0.39 is 17.5 Å². The second-order valence-electron chi connectivity index (χ2n) is 9.17. The topological polar surface area (TPSA) is 0 Å². The molecule has 2 saturated carbocycles. The Labute approximate surface area is 166 Å². The van der Waals surface area contributed by atoms with Gasteiger partial charge in [-0.1, -0.05) is 57.2 Å². The van der Waals surface area contributed by atoms with Gasteiger partial charge in [-0.15, -0.1) is 0 Å². The standard InChI is InChI=1S/C25H31F3/c1-2-3-4-5-16-6-7-18-13-19(9-8-17(18)12-16)20-10-11-22-21(14-20)15-23(26)25(28)24(22)27/h10-11,14-19H,2-9,12-13H2,1H3. The second kappa shape index (κ2) is 8.47. The van der Waals surface area contributed by atoms with E-state index in [0.29, 0.717) is 11.3 Å². The summed E-state index contributed by atoms with van der Waals surface area (Å²) < 4.78 is 41.1. The maximum Gasteiger partial charge on any atom is 0.195 e. The first-order chi connectivity index (χ1) is 13.6. The molecule has 4 atom stereocenters. The van der Waals surface area contributed by atoms with Gasteiger partial charge in [-0.25, -0.2) is 13.2 Å². The highest BCUT2D eigenvalue weighted by Gasteiger charge is 2.35. The minimum absolute atomic E-state index is 0.170. The van der Waals surface area contributed by atoms with Crippen LogP contribution in [0.3, 0.4) is 0 Å². The molecule has 2 aromatic carbocycles. The second-order valence-corrected chi connectivity index (χ2v) is 9.17. The Bertz CT molecular complexity index is 828. The molecule has 0 nitrogen and oxygen atoms in total. The first kappa shape index (κ1) is 19.8. The van der Waals surface area contributed by atoms with Gasteiger partial charge in [0.2, 0.25) is 0 Å². The van der Waals surface area contributed by atoms with Crippen LogP contribution >= 0.6 is 0 Å². The SMILES string of the molecule is CCCCCC1CCC2CC(c3ccc4c(F)c(F)c(F)cc4c3)CCC2C1. The molecular weight excluding hydrogens is 357 g/mol. The van der Waals surface area contributed by atoms with Crippen molar-refractivity contribution in [1.29, 1.82) is 0 Å². The molecule has 4 unspecified atom stereocenters. The summed E-state index contributed by atoms with van der Waals surface area (Å²) in [6.07, 6.45) is 13.1. The molecule has 2 aromatic rings. The van der Waals surface area contributed by atoms with Gasteiger partial charge in [0, 0.05) is 5.39 Å². The number of unbranched alkanes of at least 4 members (excludes halogenated alkanes) is 2. The quantitative estimate of drug-likeness (QED) is 0.358. The molecule has 0 radical (unpaired) electrons. The summed E-state index contributed by atoms with van der Waals surface area (Å²) in [5.74, 6) is -0.528. The molecule has 0 saturated heterocycles. The average Bonchev–Trinajstić information content (AvgIpc) is 2.71. The number of hydrogen-bond donors (Lipinski definition) is 0. The molecule has 2 aliphatic carbocycles. The Hall–Kier alpha value is -1.51. The highest BCUT2D eigenvalue weighted by atomic mass is 19.2. The van der Waals surface area contributed by atoms with Crippen molar-refractivity contribution in [3.63, 3.8) is 0 Å². The summed E-state index contributed by atoms with van der Waals surface area (Å²) in [5, 5.41) is 0.638.